The van der Waals surface area contributed by atoms with Crippen molar-refractivity contribution in [1.82, 2.24) is 0 Å². The summed E-state index contributed by atoms with van der Waals surface area (Å²) in [6, 6.07) is 13.9. The molecule has 0 atom stereocenters. The van der Waals surface area contributed by atoms with Crippen molar-refractivity contribution in [2.75, 3.05) is 29.6 Å². The summed E-state index contributed by atoms with van der Waals surface area (Å²) in [5.74, 6) is 2.12. The van der Waals surface area contributed by atoms with E-state index in [9.17, 15) is 0 Å². The summed E-state index contributed by atoms with van der Waals surface area (Å²) < 4.78 is 0. The zero-order valence-corrected chi connectivity index (χ0v) is 20.5. The first-order valence-electron chi connectivity index (χ1n) is 12.0. The molecule has 1 aliphatic rings. The Hall–Kier alpha value is -1.96. The van der Waals surface area contributed by atoms with Crippen molar-refractivity contribution in [2.45, 2.75) is 85.5 Å². The van der Waals surface area contributed by atoms with Gasteiger partial charge in [0.25, 0.3) is 0 Å². The van der Waals surface area contributed by atoms with Gasteiger partial charge in [-0.05, 0) is 52.3 Å². The number of anilines is 2. The molecule has 0 spiro atoms. The summed E-state index contributed by atoms with van der Waals surface area (Å²) in [5.41, 5.74) is 8.93. The SMILES string of the molecule is CC(C)c1cccc(C(C)C)c1N1CCCN(c2c(C(C)C)cccc2C(C)C)C1. The maximum atomic E-state index is 2.66. The van der Waals surface area contributed by atoms with Crippen LogP contribution in [0.1, 0.15) is 108 Å². The van der Waals surface area contributed by atoms with Gasteiger partial charge >= 0.3 is 0 Å². The average Bonchev–Trinajstić information content (AvgIpc) is 2.72. The Morgan fingerprint density at radius 1 is 0.533 bits per heavy atom. The lowest BCUT2D eigenvalue weighted by molar-refractivity contribution is 0.601. The van der Waals surface area contributed by atoms with Crippen LogP contribution in [-0.4, -0.2) is 19.8 Å². The van der Waals surface area contributed by atoms with E-state index in [0.29, 0.717) is 23.7 Å². The molecule has 2 aromatic rings. The highest BCUT2D eigenvalue weighted by Gasteiger charge is 2.27. The molecule has 0 aliphatic carbocycles. The van der Waals surface area contributed by atoms with E-state index in [1.807, 2.05) is 0 Å². The van der Waals surface area contributed by atoms with E-state index in [4.69, 9.17) is 0 Å². The Morgan fingerprint density at radius 2 is 0.833 bits per heavy atom. The first kappa shape index (κ1) is 22.7. The average molecular weight is 407 g/mol. The number of benzene rings is 2. The van der Waals surface area contributed by atoms with Crippen molar-refractivity contribution < 1.29 is 0 Å². The van der Waals surface area contributed by atoms with Crippen LogP contribution in [-0.2, 0) is 0 Å². The van der Waals surface area contributed by atoms with Crippen LogP contribution in [0.5, 0.6) is 0 Å². The molecule has 0 radical (unpaired) electrons. The molecule has 1 fully saturated rings. The molecular weight excluding hydrogens is 364 g/mol. The molecule has 0 saturated carbocycles. The number of para-hydroxylation sites is 2. The van der Waals surface area contributed by atoms with Gasteiger partial charge in [-0.15, -0.1) is 0 Å². The van der Waals surface area contributed by atoms with Gasteiger partial charge in [-0.2, -0.15) is 0 Å². The summed E-state index contributed by atoms with van der Waals surface area (Å²) >= 11 is 0. The lowest BCUT2D eigenvalue weighted by Gasteiger charge is -2.42. The summed E-state index contributed by atoms with van der Waals surface area (Å²) in [5, 5.41) is 0. The monoisotopic (exact) mass is 406 g/mol. The number of hydrogen-bond acceptors (Lipinski definition) is 2. The third-order valence-electron chi connectivity index (χ3n) is 6.51. The van der Waals surface area contributed by atoms with Crippen LogP contribution in [0.3, 0.4) is 0 Å². The van der Waals surface area contributed by atoms with Crippen LogP contribution in [0.25, 0.3) is 0 Å². The fraction of sp³-hybridized carbons (Fsp3) is 0.571. The van der Waals surface area contributed by atoms with Gasteiger partial charge in [-0.3, -0.25) is 0 Å². The Labute approximate surface area is 185 Å². The lowest BCUT2D eigenvalue weighted by Crippen LogP contribution is -2.46. The molecule has 30 heavy (non-hydrogen) atoms. The summed E-state index contributed by atoms with van der Waals surface area (Å²) in [6.07, 6.45) is 1.20. The number of rotatable bonds is 6. The second kappa shape index (κ2) is 9.45. The molecule has 2 aromatic carbocycles. The second-order valence-electron chi connectivity index (χ2n) is 10.2. The van der Waals surface area contributed by atoms with Crippen molar-refractivity contribution in [3.8, 4) is 0 Å². The van der Waals surface area contributed by atoms with E-state index >= 15 is 0 Å². The highest BCUT2D eigenvalue weighted by atomic mass is 15.3. The van der Waals surface area contributed by atoms with Gasteiger partial charge in [0.1, 0.15) is 0 Å². The zero-order valence-electron chi connectivity index (χ0n) is 20.5. The van der Waals surface area contributed by atoms with Gasteiger partial charge in [-0.1, -0.05) is 91.8 Å². The fourth-order valence-corrected chi connectivity index (χ4v) is 4.92. The Balaban J connectivity index is 2.07. The quantitative estimate of drug-likeness (QED) is 0.482. The maximum Gasteiger partial charge on any atom is 0.0903 e. The van der Waals surface area contributed by atoms with Crippen LogP contribution in [0.2, 0.25) is 0 Å². The summed E-state index contributed by atoms with van der Waals surface area (Å²) in [4.78, 5) is 5.32. The standard InChI is InChI=1S/C28H42N2/c1-19(2)23-12-9-13-24(20(3)4)27(23)29-16-11-17-30(18-29)28-25(21(5)6)14-10-15-26(28)22(7)8/h9-10,12-15,19-22H,11,16-18H2,1-8H3. The van der Waals surface area contributed by atoms with E-state index in [0.717, 1.165) is 19.8 Å². The molecule has 0 aromatic heterocycles. The Morgan fingerprint density at radius 3 is 1.10 bits per heavy atom. The minimum absolute atomic E-state index is 0.531. The van der Waals surface area contributed by atoms with Crippen LogP contribution < -0.4 is 9.80 Å². The Kier molecular flexibility index (Phi) is 7.16. The van der Waals surface area contributed by atoms with Crippen LogP contribution in [0.4, 0.5) is 11.4 Å². The third kappa shape index (κ3) is 4.53. The molecule has 0 N–H and O–H groups in total. The predicted molar refractivity (Wildman–Crippen MR) is 133 cm³/mol. The molecule has 1 saturated heterocycles. The minimum atomic E-state index is 0.531. The van der Waals surface area contributed by atoms with E-state index in [-0.39, 0.29) is 0 Å². The molecular formula is C28H42N2. The zero-order chi connectivity index (χ0) is 22.0. The first-order chi connectivity index (χ1) is 14.2. The number of nitrogens with zero attached hydrogens (tertiary/aromatic N) is 2. The molecule has 1 heterocycles. The van der Waals surface area contributed by atoms with E-state index in [1.54, 1.807) is 0 Å². The molecule has 3 rings (SSSR count). The van der Waals surface area contributed by atoms with Gasteiger partial charge in [0.2, 0.25) is 0 Å². The van der Waals surface area contributed by atoms with Gasteiger partial charge in [0.05, 0.1) is 6.67 Å². The molecule has 0 unspecified atom stereocenters. The molecule has 1 aliphatic heterocycles. The van der Waals surface area contributed by atoms with Crippen molar-refractivity contribution in [3.05, 3.63) is 58.7 Å². The van der Waals surface area contributed by atoms with Crippen LogP contribution in [0.15, 0.2) is 36.4 Å². The summed E-state index contributed by atoms with van der Waals surface area (Å²) in [7, 11) is 0. The van der Waals surface area contributed by atoms with Crippen molar-refractivity contribution in [3.63, 3.8) is 0 Å². The van der Waals surface area contributed by atoms with E-state index < -0.39 is 0 Å². The van der Waals surface area contributed by atoms with Crippen molar-refractivity contribution in [1.29, 1.82) is 0 Å². The van der Waals surface area contributed by atoms with Gasteiger partial charge in [0.15, 0.2) is 0 Å². The largest absolute Gasteiger partial charge is 0.353 e. The molecule has 164 valence electrons. The van der Waals surface area contributed by atoms with Crippen molar-refractivity contribution >= 4 is 11.4 Å². The van der Waals surface area contributed by atoms with Gasteiger partial charge in [-0.25, -0.2) is 0 Å². The second-order valence-corrected chi connectivity index (χ2v) is 10.2. The van der Waals surface area contributed by atoms with Crippen molar-refractivity contribution in [2.24, 2.45) is 0 Å². The lowest BCUT2D eigenvalue weighted by atomic mass is 9.90. The Bertz CT molecular complexity index is 726. The minimum Gasteiger partial charge on any atom is -0.353 e. The van der Waals surface area contributed by atoms with Gasteiger partial charge < -0.3 is 9.80 Å². The predicted octanol–water partition coefficient (Wildman–Crippen LogP) is 7.85. The normalized spacial score (nSPS) is 15.2. The molecule has 2 nitrogen and oxygen atoms in total. The highest BCUT2D eigenvalue weighted by Crippen LogP contribution is 2.40. The van der Waals surface area contributed by atoms with Crippen LogP contribution >= 0.6 is 0 Å². The van der Waals surface area contributed by atoms with E-state index in [2.05, 4.69) is 102 Å². The van der Waals surface area contributed by atoms with Gasteiger partial charge in [0, 0.05) is 24.5 Å². The topological polar surface area (TPSA) is 6.48 Å². The maximum absolute atomic E-state index is 2.66. The molecule has 2 heteroatoms. The van der Waals surface area contributed by atoms with E-state index in [1.165, 1.54) is 40.0 Å². The highest BCUT2D eigenvalue weighted by molar-refractivity contribution is 5.67. The smallest absolute Gasteiger partial charge is 0.0903 e. The molecule has 0 bridgehead atoms. The first-order valence-corrected chi connectivity index (χ1v) is 12.0. The third-order valence-corrected chi connectivity index (χ3v) is 6.51. The van der Waals surface area contributed by atoms with Crippen LogP contribution in [0, 0.1) is 0 Å². The fourth-order valence-electron chi connectivity index (χ4n) is 4.92. The number of hydrogen-bond donors (Lipinski definition) is 0. The summed E-state index contributed by atoms with van der Waals surface area (Å²) in [6.45, 7) is 21.9. The molecule has 0 amide bonds.